The van der Waals surface area contributed by atoms with Crippen molar-refractivity contribution >= 4 is 38.7 Å². The van der Waals surface area contributed by atoms with Crippen LogP contribution >= 0.6 is 27.3 Å². The molecule has 0 saturated carbocycles. The summed E-state index contributed by atoms with van der Waals surface area (Å²) >= 11 is 5.04. The fraction of sp³-hybridized carbons (Fsp3) is 0.143. The average Bonchev–Trinajstić information content (AvgIpc) is 2.81. The third-order valence-electron chi connectivity index (χ3n) is 2.62. The van der Waals surface area contributed by atoms with Crippen LogP contribution in [0.4, 0.5) is 5.69 Å². The quantitative estimate of drug-likeness (QED) is 0.852. The van der Waals surface area contributed by atoms with Gasteiger partial charge in [-0.3, -0.25) is 4.79 Å². The lowest BCUT2D eigenvalue weighted by atomic mass is 10.1. The summed E-state index contributed by atoms with van der Waals surface area (Å²) in [6.45, 7) is 2.15. The number of nitrogens with one attached hydrogen (secondary N) is 1. The summed E-state index contributed by atoms with van der Waals surface area (Å²) in [6, 6.07) is 9.22. The number of ketones is 1. The third-order valence-corrected chi connectivity index (χ3v) is 4.32. The maximum absolute atomic E-state index is 11.4. The van der Waals surface area contributed by atoms with Crippen LogP contribution < -0.4 is 5.32 Å². The fourth-order valence-electron chi connectivity index (χ4n) is 1.64. The first kappa shape index (κ1) is 13.8. The molecule has 0 radical (unpaired) electrons. The van der Waals surface area contributed by atoms with Crippen molar-refractivity contribution in [2.75, 3.05) is 5.32 Å². The number of carbonyl (C=O) groups excluding carboxylic acids is 1. The van der Waals surface area contributed by atoms with Gasteiger partial charge < -0.3 is 5.32 Å². The van der Waals surface area contributed by atoms with Crippen LogP contribution in [0.5, 0.6) is 0 Å². The molecule has 0 aliphatic carbocycles. The number of hydrogen-bond donors (Lipinski definition) is 1. The van der Waals surface area contributed by atoms with Crippen molar-refractivity contribution < 1.29 is 4.79 Å². The molecule has 1 heterocycles. The number of halogens is 1. The van der Waals surface area contributed by atoms with Crippen molar-refractivity contribution in [3.05, 3.63) is 50.1 Å². The van der Waals surface area contributed by atoms with Gasteiger partial charge in [-0.15, -0.1) is 11.3 Å². The molecule has 0 atom stereocenters. The van der Waals surface area contributed by atoms with E-state index in [-0.39, 0.29) is 5.78 Å². The number of carbonyl (C=O) groups is 1. The van der Waals surface area contributed by atoms with Gasteiger partial charge in [-0.2, -0.15) is 5.26 Å². The summed E-state index contributed by atoms with van der Waals surface area (Å²) in [5, 5.41) is 14.3. The van der Waals surface area contributed by atoms with Crippen molar-refractivity contribution in [1.29, 1.82) is 5.26 Å². The highest BCUT2D eigenvalue weighted by Crippen LogP contribution is 2.23. The molecule has 2 aromatic rings. The molecule has 96 valence electrons. The number of nitriles is 1. The lowest BCUT2D eigenvalue weighted by Gasteiger charge is -2.08. The average molecular weight is 335 g/mol. The van der Waals surface area contributed by atoms with Gasteiger partial charge >= 0.3 is 0 Å². The molecule has 0 saturated heterocycles. The van der Waals surface area contributed by atoms with E-state index in [1.165, 1.54) is 6.92 Å². The zero-order valence-electron chi connectivity index (χ0n) is 10.2. The number of thiophene rings is 1. The van der Waals surface area contributed by atoms with Crippen molar-refractivity contribution in [2.45, 2.75) is 13.5 Å². The van der Waals surface area contributed by atoms with Gasteiger partial charge in [0.2, 0.25) is 0 Å². The molecule has 1 aromatic carbocycles. The Kier molecular flexibility index (Phi) is 4.35. The molecule has 3 nitrogen and oxygen atoms in total. The van der Waals surface area contributed by atoms with Gasteiger partial charge in [-0.1, -0.05) is 0 Å². The van der Waals surface area contributed by atoms with Crippen LogP contribution in [0, 0.1) is 11.3 Å². The van der Waals surface area contributed by atoms with Gasteiger partial charge in [0.15, 0.2) is 5.78 Å². The molecule has 0 aliphatic rings. The lowest BCUT2D eigenvalue weighted by Crippen LogP contribution is -2.02. The summed E-state index contributed by atoms with van der Waals surface area (Å²) in [5.74, 6) is -0.00796. The van der Waals surface area contributed by atoms with E-state index in [9.17, 15) is 4.79 Å². The monoisotopic (exact) mass is 334 g/mol. The Morgan fingerprint density at radius 1 is 1.47 bits per heavy atom. The van der Waals surface area contributed by atoms with Gasteiger partial charge in [0, 0.05) is 26.8 Å². The van der Waals surface area contributed by atoms with Gasteiger partial charge in [0.1, 0.15) is 6.07 Å². The van der Waals surface area contributed by atoms with E-state index in [1.54, 1.807) is 29.5 Å². The van der Waals surface area contributed by atoms with Crippen LogP contribution in [0.25, 0.3) is 0 Å². The molecule has 0 aliphatic heterocycles. The molecule has 2 rings (SSSR count). The second kappa shape index (κ2) is 6.00. The maximum Gasteiger partial charge on any atom is 0.159 e. The highest BCUT2D eigenvalue weighted by atomic mass is 79.9. The fourth-order valence-corrected chi connectivity index (χ4v) is 3.03. The van der Waals surface area contributed by atoms with Crippen LogP contribution in [0.3, 0.4) is 0 Å². The summed E-state index contributed by atoms with van der Waals surface area (Å²) in [7, 11) is 0. The Hall–Kier alpha value is -1.64. The predicted octanol–water partition coefficient (Wildman–Crippen LogP) is 4.20. The lowest BCUT2D eigenvalue weighted by molar-refractivity contribution is 0.101. The second-order valence-corrected chi connectivity index (χ2v) is 5.92. The minimum atomic E-state index is -0.00796. The van der Waals surface area contributed by atoms with Crippen molar-refractivity contribution in [2.24, 2.45) is 0 Å². The first-order chi connectivity index (χ1) is 9.10. The van der Waals surface area contributed by atoms with E-state index >= 15 is 0 Å². The molecule has 0 spiro atoms. The van der Waals surface area contributed by atoms with Gasteiger partial charge in [0.25, 0.3) is 0 Å². The molecular weight excluding hydrogens is 324 g/mol. The standard InChI is InChI=1S/C14H11BrN2OS/c1-9(18)10-2-3-11(6-16)14(4-10)17-7-13-5-12(15)8-19-13/h2-5,8,17H,7H2,1H3. The van der Waals surface area contributed by atoms with Gasteiger partial charge in [-0.05, 0) is 47.1 Å². The SMILES string of the molecule is CC(=O)c1ccc(C#N)c(NCc2cc(Br)cs2)c1. The molecular formula is C14H11BrN2OS. The molecule has 0 bridgehead atoms. The highest BCUT2D eigenvalue weighted by Gasteiger charge is 2.07. The second-order valence-electron chi connectivity index (χ2n) is 4.01. The molecule has 19 heavy (non-hydrogen) atoms. The maximum atomic E-state index is 11.4. The Morgan fingerprint density at radius 2 is 2.26 bits per heavy atom. The molecule has 0 fully saturated rings. The number of benzene rings is 1. The first-order valence-corrected chi connectivity index (χ1v) is 7.29. The number of Topliss-reactive ketones (excluding diaryl/α,β-unsaturated/α-hetero) is 1. The van der Waals surface area contributed by atoms with E-state index in [0.717, 1.165) is 9.35 Å². The molecule has 5 heteroatoms. The summed E-state index contributed by atoms with van der Waals surface area (Å²) in [6.07, 6.45) is 0. The zero-order chi connectivity index (χ0) is 13.8. The number of nitrogens with zero attached hydrogens (tertiary/aromatic N) is 1. The van der Waals surface area contributed by atoms with Crippen LogP contribution in [-0.2, 0) is 6.54 Å². The minimum absolute atomic E-state index is 0.00796. The third kappa shape index (κ3) is 3.43. The van der Waals surface area contributed by atoms with Crippen LogP contribution in [0.2, 0.25) is 0 Å². The topological polar surface area (TPSA) is 52.9 Å². The van der Waals surface area contributed by atoms with Crippen molar-refractivity contribution in [3.63, 3.8) is 0 Å². The number of rotatable bonds is 4. The first-order valence-electron chi connectivity index (χ1n) is 5.62. The van der Waals surface area contributed by atoms with E-state index < -0.39 is 0 Å². The van der Waals surface area contributed by atoms with E-state index in [1.807, 2.05) is 11.4 Å². The highest BCUT2D eigenvalue weighted by molar-refractivity contribution is 9.10. The summed E-state index contributed by atoms with van der Waals surface area (Å²) in [5.41, 5.74) is 1.84. The van der Waals surface area contributed by atoms with E-state index in [2.05, 4.69) is 27.3 Å². The minimum Gasteiger partial charge on any atom is -0.379 e. The molecule has 0 unspecified atom stereocenters. The number of hydrogen-bond acceptors (Lipinski definition) is 4. The number of anilines is 1. The normalized spacial score (nSPS) is 9.95. The summed E-state index contributed by atoms with van der Waals surface area (Å²) in [4.78, 5) is 12.5. The van der Waals surface area contributed by atoms with Crippen LogP contribution in [0.15, 0.2) is 34.1 Å². The van der Waals surface area contributed by atoms with Crippen LogP contribution in [-0.4, -0.2) is 5.78 Å². The Balaban J connectivity index is 2.20. The van der Waals surface area contributed by atoms with Crippen LogP contribution in [0.1, 0.15) is 27.7 Å². The Bertz CT molecular complexity index is 658. The van der Waals surface area contributed by atoms with E-state index in [4.69, 9.17) is 5.26 Å². The van der Waals surface area contributed by atoms with E-state index in [0.29, 0.717) is 23.4 Å². The zero-order valence-corrected chi connectivity index (χ0v) is 12.6. The molecule has 0 amide bonds. The molecule has 1 N–H and O–H groups in total. The van der Waals surface area contributed by atoms with Crippen molar-refractivity contribution in [1.82, 2.24) is 0 Å². The smallest absolute Gasteiger partial charge is 0.159 e. The molecule has 1 aromatic heterocycles. The predicted molar refractivity (Wildman–Crippen MR) is 80.5 cm³/mol. The van der Waals surface area contributed by atoms with Crippen molar-refractivity contribution in [3.8, 4) is 6.07 Å². The Morgan fingerprint density at radius 3 is 2.84 bits per heavy atom. The van der Waals surface area contributed by atoms with Gasteiger partial charge in [-0.25, -0.2) is 0 Å². The Labute approximate surface area is 124 Å². The van der Waals surface area contributed by atoms with Gasteiger partial charge in [0.05, 0.1) is 11.3 Å². The largest absolute Gasteiger partial charge is 0.379 e. The summed E-state index contributed by atoms with van der Waals surface area (Å²) < 4.78 is 1.05.